The van der Waals surface area contributed by atoms with Crippen molar-refractivity contribution in [2.45, 2.75) is 38.1 Å². The summed E-state index contributed by atoms with van der Waals surface area (Å²) in [4.78, 5) is 5.42. The van der Waals surface area contributed by atoms with Crippen molar-refractivity contribution >= 4 is 0 Å². The van der Waals surface area contributed by atoms with Crippen molar-refractivity contribution in [3.8, 4) is 0 Å². The highest BCUT2D eigenvalue weighted by molar-refractivity contribution is 4.91. The highest BCUT2D eigenvalue weighted by atomic mass is 15.2. The maximum atomic E-state index is 3.57. The van der Waals surface area contributed by atoms with Gasteiger partial charge in [-0.15, -0.1) is 0 Å². The Bertz CT molecular complexity index is 238. The van der Waals surface area contributed by atoms with Gasteiger partial charge in [0.05, 0.1) is 0 Å². The van der Waals surface area contributed by atoms with Crippen LogP contribution in [0.1, 0.15) is 32.1 Å². The maximum absolute atomic E-state index is 3.57. The molecule has 3 rings (SSSR count). The first-order valence-electron chi connectivity index (χ1n) is 7.60. The van der Waals surface area contributed by atoms with Gasteiger partial charge in [-0.05, 0) is 77.3 Å². The van der Waals surface area contributed by atoms with Crippen molar-refractivity contribution in [1.82, 2.24) is 15.1 Å². The lowest BCUT2D eigenvalue weighted by Gasteiger charge is -2.37. The van der Waals surface area contributed by atoms with Crippen LogP contribution in [0.25, 0.3) is 0 Å². The molecule has 0 aromatic heterocycles. The van der Waals surface area contributed by atoms with Crippen LogP contribution in [0.5, 0.6) is 0 Å². The van der Waals surface area contributed by atoms with Crippen LogP contribution >= 0.6 is 0 Å². The van der Waals surface area contributed by atoms with Gasteiger partial charge in [0, 0.05) is 12.6 Å². The summed E-state index contributed by atoms with van der Waals surface area (Å²) in [5.41, 5.74) is 0. The summed E-state index contributed by atoms with van der Waals surface area (Å²) >= 11 is 0. The Labute approximate surface area is 106 Å². The summed E-state index contributed by atoms with van der Waals surface area (Å²) in [6.07, 6.45) is 7.12. The molecular formula is C14H27N3. The molecule has 98 valence electrons. The number of hydrogen-bond donors (Lipinski definition) is 1. The number of hydrogen-bond acceptors (Lipinski definition) is 3. The van der Waals surface area contributed by atoms with Gasteiger partial charge in [-0.2, -0.15) is 0 Å². The average Bonchev–Trinajstić information content (AvgIpc) is 2.99. The van der Waals surface area contributed by atoms with Crippen LogP contribution in [-0.2, 0) is 0 Å². The number of rotatable bonds is 4. The third-order valence-corrected chi connectivity index (χ3v) is 4.91. The fraction of sp³-hybridized carbons (Fsp3) is 1.00. The van der Waals surface area contributed by atoms with E-state index in [-0.39, 0.29) is 0 Å². The molecule has 0 bridgehead atoms. The van der Waals surface area contributed by atoms with E-state index in [1.807, 2.05) is 0 Å². The van der Waals surface area contributed by atoms with Crippen molar-refractivity contribution in [3.05, 3.63) is 0 Å². The Morgan fingerprint density at radius 3 is 2.71 bits per heavy atom. The highest BCUT2D eigenvalue weighted by Crippen LogP contribution is 2.26. The maximum Gasteiger partial charge on any atom is 0.0260 e. The second-order valence-corrected chi connectivity index (χ2v) is 6.07. The van der Waals surface area contributed by atoms with Gasteiger partial charge < -0.3 is 10.2 Å². The molecule has 3 aliphatic heterocycles. The molecule has 0 amide bonds. The Morgan fingerprint density at radius 2 is 1.82 bits per heavy atom. The van der Waals surface area contributed by atoms with E-state index in [2.05, 4.69) is 15.1 Å². The number of piperidine rings is 1. The minimum atomic E-state index is 0.863. The van der Waals surface area contributed by atoms with E-state index < -0.39 is 0 Å². The Morgan fingerprint density at radius 1 is 0.941 bits per heavy atom. The molecule has 3 aliphatic rings. The average molecular weight is 237 g/mol. The molecule has 1 N–H and O–H groups in total. The van der Waals surface area contributed by atoms with E-state index in [4.69, 9.17) is 0 Å². The first-order chi connectivity index (χ1) is 8.43. The normalized spacial score (nSPS) is 35.3. The van der Waals surface area contributed by atoms with Gasteiger partial charge in [-0.3, -0.25) is 4.90 Å². The lowest BCUT2D eigenvalue weighted by Crippen LogP contribution is -2.45. The molecule has 3 heteroatoms. The standard InChI is InChI=1S/C14H27N3/c1-2-7-16(6-1)8-4-10-17-9-3-5-13-11-15-12-14(13)17/h13-15H,1-12H2. The van der Waals surface area contributed by atoms with E-state index in [0.717, 1.165) is 12.0 Å². The van der Waals surface area contributed by atoms with Crippen molar-refractivity contribution in [3.63, 3.8) is 0 Å². The lowest BCUT2D eigenvalue weighted by molar-refractivity contribution is 0.119. The number of nitrogens with zero attached hydrogens (tertiary/aromatic N) is 2. The summed E-state index contributed by atoms with van der Waals surface area (Å²) in [7, 11) is 0. The first-order valence-corrected chi connectivity index (χ1v) is 7.60. The topological polar surface area (TPSA) is 18.5 Å². The molecule has 2 atom stereocenters. The van der Waals surface area contributed by atoms with Crippen LogP contribution in [0.2, 0.25) is 0 Å². The molecule has 0 radical (unpaired) electrons. The van der Waals surface area contributed by atoms with Crippen LogP contribution in [-0.4, -0.2) is 61.7 Å². The third kappa shape index (κ3) is 2.83. The van der Waals surface area contributed by atoms with Crippen molar-refractivity contribution in [1.29, 1.82) is 0 Å². The zero-order valence-corrected chi connectivity index (χ0v) is 11.0. The van der Waals surface area contributed by atoms with E-state index in [0.29, 0.717) is 0 Å². The van der Waals surface area contributed by atoms with Crippen molar-refractivity contribution in [2.24, 2.45) is 5.92 Å². The molecule has 0 saturated carbocycles. The molecule has 2 unspecified atom stereocenters. The van der Waals surface area contributed by atoms with Gasteiger partial charge in [0.25, 0.3) is 0 Å². The largest absolute Gasteiger partial charge is 0.315 e. The molecule has 0 aromatic carbocycles. The summed E-state index contributed by atoms with van der Waals surface area (Å²) in [5, 5.41) is 3.57. The van der Waals surface area contributed by atoms with E-state index in [1.165, 1.54) is 77.9 Å². The first kappa shape index (κ1) is 11.9. The molecule has 17 heavy (non-hydrogen) atoms. The van der Waals surface area contributed by atoms with E-state index in [1.54, 1.807) is 0 Å². The Balaban J connectivity index is 1.41. The molecule has 3 heterocycles. The van der Waals surface area contributed by atoms with Crippen molar-refractivity contribution in [2.75, 3.05) is 45.8 Å². The monoisotopic (exact) mass is 237 g/mol. The second-order valence-electron chi connectivity index (χ2n) is 6.07. The summed E-state index contributed by atoms with van der Waals surface area (Å²) < 4.78 is 0. The van der Waals surface area contributed by atoms with Gasteiger partial charge in [0.15, 0.2) is 0 Å². The predicted octanol–water partition coefficient (Wildman–Crippen LogP) is 1.16. The minimum Gasteiger partial charge on any atom is -0.315 e. The second kappa shape index (κ2) is 5.68. The van der Waals surface area contributed by atoms with Gasteiger partial charge in [-0.25, -0.2) is 0 Å². The number of likely N-dealkylation sites (tertiary alicyclic amines) is 2. The van der Waals surface area contributed by atoms with Crippen LogP contribution in [0.15, 0.2) is 0 Å². The van der Waals surface area contributed by atoms with Crippen molar-refractivity contribution < 1.29 is 0 Å². The summed E-state index contributed by atoms with van der Waals surface area (Å²) in [6.45, 7) is 9.24. The molecular weight excluding hydrogens is 210 g/mol. The molecule has 3 saturated heterocycles. The van der Waals surface area contributed by atoms with Crippen LogP contribution < -0.4 is 5.32 Å². The van der Waals surface area contributed by atoms with E-state index >= 15 is 0 Å². The molecule has 3 nitrogen and oxygen atoms in total. The zero-order valence-electron chi connectivity index (χ0n) is 11.0. The Hall–Kier alpha value is -0.120. The molecule has 0 spiro atoms. The van der Waals surface area contributed by atoms with Crippen LogP contribution in [0.4, 0.5) is 0 Å². The fourth-order valence-electron chi connectivity index (χ4n) is 3.94. The molecule has 0 aromatic rings. The smallest absolute Gasteiger partial charge is 0.0260 e. The van der Waals surface area contributed by atoms with Crippen LogP contribution in [0, 0.1) is 5.92 Å². The minimum absolute atomic E-state index is 0.863. The van der Waals surface area contributed by atoms with Gasteiger partial charge in [0.1, 0.15) is 0 Å². The highest BCUT2D eigenvalue weighted by Gasteiger charge is 2.34. The van der Waals surface area contributed by atoms with Gasteiger partial charge >= 0.3 is 0 Å². The molecule has 3 fully saturated rings. The fourth-order valence-corrected chi connectivity index (χ4v) is 3.94. The summed E-state index contributed by atoms with van der Waals surface area (Å²) in [6, 6.07) is 0.863. The van der Waals surface area contributed by atoms with Crippen LogP contribution in [0.3, 0.4) is 0 Å². The predicted molar refractivity (Wildman–Crippen MR) is 71.2 cm³/mol. The number of nitrogens with one attached hydrogen (secondary N) is 1. The molecule has 0 aliphatic carbocycles. The zero-order chi connectivity index (χ0) is 11.5. The van der Waals surface area contributed by atoms with Gasteiger partial charge in [0.2, 0.25) is 0 Å². The van der Waals surface area contributed by atoms with E-state index in [9.17, 15) is 0 Å². The summed E-state index contributed by atoms with van der Waals surface area (Å²) in [5.74, 6) is 0.954. The Kier molecular flexibility index (Phi) is 3.99. The SMILES string of the molecule is C1CCN(CCCN2CCCC3CNCC32)C1. The lowest BCUT2D eigenvalue weighted by atomic mass is 9.92. The third-order valence-electron chi connectivity index (χ3n) is 4.91. The number of fused-ring (bicyclic) bond motifs is 1. The van der Waals surface area contributed by atoms with Gasteiger partial charge in [-0.1, -0.05) is 0 Å². The quantitative estimate of drug-likeness (QED) is 0.791.